The molecular weight excluding hydrogens is 166 g/mol. The number of aliphatic carboxylic acids is 1. The Morgan fingerprint density at radius 2 is 2.08 bits per heavy atom. The number of hydrogen-bond acceptors (Lipinski definition) is 5. The van der Waals surface area contributed by atoms with E-state index in [-0.39, 0.29) is 19.3 Å². The van der Waals surface area contributed by atoms with E-state index in [1.807, 2.05) is 0 Å². The first-order valence-corrected chi connectivity index (χ1v) is 3.40. The van der Waals surface area contributed by atoms with Crippen molar-refractivity contribution in [2.24, 2.45) is 5.73 Å². The number of carbonyl (C=O) groups is 2. The van der Waals surface area contributed by atoms with Crippen LogP contribution in [0.4, 0.5) is 0 Å². The summed E-state index contributed by atoms with van der Waals surface area (Å²) >= 11 is 0. The average molecular weight is 177 g/mol. The number of nitrogens with two attached hydrogens (primary N) is 1. The maximum atomic E-state index is 10.4. The van der Waals surface area contributed by atoms with Gasteiger partial charge in [0.25, 0.3) is 0 Å². The highest BCUT2D eigenvalue weighted by Crippen LogP contribution is 1.99. The SMILES string of the molecule is NC(CCCC(=O)O)C(=O)OO. The molecule has 70 valence electrons. The van der Waals surface area contributed by atoms with Crippen molar-refractivity contribution >= 4 is 11.9 Å². The molecule has 0 aromatic rings. The quantitative estimate of drug-likeness (QED) is 0.388. The van der Waals surface area contributed by atoms with Gasteiger partial charge in [-0.1, -0.05) is 0 Å². The summed E-state index contributed by atoms with van der Waals surface area (Å²) in [6.07, 6.45) is 0.420. The van der Waals surface area contributed by atoms with Crippen molar-refractivity contribution in [1.29, 1.82) is 0 Å². The van der Waals surface area contributed by atoms with E-state index >= 15 is 0 Å². The maximum absolute atomic E-state index is 10.4. The van der Waals surface area contributed by atoms with Gasteiger partial charge in [0.2, 0.25) is 0 Å². The molecule has 4 N–H and O–H groups in total. The van der Waals surface area contributed by atoms with Crippen LogP contribution in [0.2, 0.25) is 0 Å². The normalized spacial score (nSPS) is 12.2. The molecule has 0 saturated heterocycles. The van der Waals surface area contributed by atoms with E-state index in [0.717, 1.165) is 0 Å². The predicted octanol–water partition coefficient (Wildman–Crippen LogP) is -0.415. The molecule has 0 bridgehead atoms. The minimum absolute atomic E-state index is 0.0492. The topological polar surface area (TPSA) is 110 Å². The minimum atomic E-state index is -0.950. The molecule has 12 heavy (non-hydrogen) atoms. The third kappa shape index (κ3) is 4.64. The Bertz CT molecular complexity index is 169. The second-order valence-electron chi connectivity index (χ2n) is 2.30. The third-order valence-corrected chi connectivity index (χ3v) is 1.30. The molecule has 0 saturated carbocycles. The van der Waals surface area contributed by atoms with E-state index in [4.69, 9.17) is 16.1 Å². The monoisotopic (exact) mass is 177 g/mol. The molecule has 0 radical (unpaired) electrons. The zero-order valence-corrected chi connectivity index (χ0v) is 6.40. The number of carbonyl (C=O) groups excluding carboxylic acids is 1. The largest absolute Gasteiger partial charge is 0.481 e. The Morgan fingerprint density at radius 3 is 2.50 bits per heavy atom. The highest BCUT2D eigenvalue weighted by Gasteiger charge is 2.14. The second-order valence-corrected chi connectivity index (χ2v) is 2.30. The van der Waals surface area contributed by atoms with Gasteiger partial charge in [0, 0.05) is 6.42 Å². The van der Waals surface area contributed by atoms with Gasteiger partial charge in [0.05, 0.1) is 0 Å². The van der Waals surface area contributed by atoms with Gasteiger partial charge in [0.15, 0.2) is 0 Å². The van der Waals surface area contributed by atoms with Crippen molar-refractivity contribution in [2.75, 3.05) is 0 Å². The van der Waals surface area contributed by atoms with E-state index in [1.54, 1.807) is 0 Å². The molecule has 0 amide bonds. The van der Waals surface area contributed by atoms with Crippen LogP contribution in [0.3, 0.4) is 0 Å². The zero-order chi connectivity index (χ0) is 9.56. The zero-order valence-electron chi connectivity index (χ0n) is 6.40. The van der Waals surface area contributed by atoms with Gasteiger partial charge in [-0.25, -0.2) is 4.79 Å². The molecule has 0 aliphatic rings. The van der Waals surface area contributed by atoms with Gasteiger partial charge in [-0.15, -0.1) is 0 Å². The van der Waals surface area contributed by atoms with E-state index in [2.05, 4.69) is 4.89 Å². The number of carboxylic acids is 1. The third-order valence-electron chi connectivity index (χ3n) is 1.30. The lowest BCUT2D eigenvalue weighted by Crippen LogP contribution is -2.31. The van der Waals surface area contributed by atoms with E-state index in [1.165, 1.54) is 0 Å². The predicted molar refractivity (Wildman–Crippen MR) is 38.2 cm³/mol. The summed E-state index contributed by atoms with van der Waals surface area (Å²) in [5, 5.41) is 16.1. The standard InChI is InChI=1S/C6H11NO5/c7-4(6(10)12-11)2-1-3-5(8)9/h4,11H,1-3,7H2,(H,8,9). The van der Waals surface area contributed by atoms with Crippen molar-refractivity contribution in [3.8, 4) is 0 Å². The summed E-state index contributed by atoms with van der Waals surface area (Å²) in [5.74, 6) is -1.89. The lowest BCUT2D eigenvalue weighted by Gasteiger charge is -2.05. The Labute approximate surface area is 68.9 Å². The first kappa shape index (κ1) is 10.9. The number of hydrogen-bond donors (Lipinski definition) is 3. The molecule has 0 aromatic carbocycles. The first-order chi connectivity index (χ1) is 5.57. The van der Waals surface area contributed by atoms with Crippen LogP contribution in [0.15, 0.2) is 0 Å². The van der Waals surface area contributed by atoms with Crippen molar-refractivity contribution in [3.63, 3.8) is 0 Å². The summed E-state index contributed by atoms with van der Waals surface area (Å²) in [7, 11) is 0. The summed E-state index contributed by atoms with van der Waals surface area (Å²) in [5.41, 5.74) is 5.19. The molecule has 1 unspecified atom stereocenters. The van der Waals surface area contributed by atoms with Crippen LogP contribution in [-0.2, 0) is 14.5 Å². The van der Waals surface area contributed by atoms with E-state index < -0.39 is 18.0 Å². The Kier molecular flexibility index (Phi) is 4.98. The molecule has 0 aromatic heterocycles. The van der Waals surface area contributed by atoms with Crippen molar-refractivity contribution in [3.05, 3.63) is 0 Å². The van der Waals surface area contributed by atoms with Crippen LogP contribution < -0.4 is 5.73 Å². The molecule has 0 fully saturated rings. The summed E-state index contributed by atoms with van der Waals surface area (Å²) in [6, 6.07) is -0.950. The van der Waals surface area contributed by atoms with Crippen LogP contribution in [0.5, 0.6) is 0 Å². The molecular formula is C6H11NO5. The highest BCUT2D eigenvalue weighted by molar-refractivity contribution is 5.74. The molecule has 1 atom stereocenters. The summed E-state index contributed by atoms with van der Waals surface area (Å²) in [6.45, 7) is 0. The van der Waals surface area contributed by atoms with Gasteiger partial charge < -0.3 is 10.8 Å². The lowest BCUT2D eigenvalue weighted by molar-refractivity contribution is -0.235. The van der Waals surface area contributed by atoms with Crippen LogP contribution in [0.25, 0.3) is 0 Å². The van der Waals surface area contributed by atoms with Crippen molar-refractivity contribution < 1.29 is 24.8 Å². The van der Waals surface area contributed by atoms with Crippen molar-refractivity contribution in [1.82, 2.24) is 0 Å². The van der Waals surface area contributed by atoms with Gasteiger partial charge in [-0.05, 0) is 12.8 Å². The Balaban J connectivity index is 3.50. The molecule has 0 heterocycles. The van der Waals surface area contributed by atoms with Crippen LogP contribution in [0, 0.1) is 0 Å². The first-order valence-electron chi connectivity index (χ1n) is 3.40. The Hall–Kier alpha value is -1.14. The van der Waals surface area contributed by atoms with Gasteiger partial charge in [-0.3, -0.25) is 9.68 Å². The van der Waals surface area contributed by atoms with Gasteiger partial charge >= 0.3 is 11.9 Å². The summed E-state index contributed by atoms with van der Waals surface area (Å²) < 4.78 is 0. The molecule has 6 heteroatoms. The number of carboxylic acid groups (broad SMARTS) is 1. The molecule has 0 rings (SSSR count). The van der Waals surface area contributed by atoms with Gasteiger partial charge in [0.1, 0.15) is 6.04 Å². The molecule has 0 aliphatic carbocycles. The van der Waals surface area contributed by atoms with E-state index in [0.29, 0.717) is 0 Å². The smallest absolute Gasteiger partial charge is 0.358 e. The molecule has 0 spiro atoms. The van der Waals surface area contributed by atoms with E-state index in [9.17, 15) is 9.59 Å². The molecule has 6 nitrogen and oxygen atoms in total. The fraction of sp³-hybridized carbons (Fsp3) is 0.667. The van der Waals surface area contributed by atoms with Gasteiger partial charge in [-0.2, -0.15) is 5.26 Å². The lowest BCUT2D eigenvalue weighted by atomic mass is 10.1. The Morgan fingerprint density at radius 1 is 1.50 bits per heavy atom. The highest BCUT2D eigenvalue weighted by atomic mass is 17.1. The van der Waals surface area contributed by atoms with Crippen LogP contribution >= 0.6 is 0 Å². The van der Waals surface area contributed by atoms with Crippen molar-refractivity contribution in [2.45, 2.75) is 25.3 Å². The average Bonchev–Trinajstić information content (AvgIpc) is 2.02. The molecule has 0 aliphatic heterocycles. The number of rotatable bonds is 5. The fourth-order valence-electron chi connectivity index (χ4n) is 0.659. The summed E-state index contributed by atoms with van der Waals surface area (Å²) in [4.78, 5) is 23.8. The van der Waals surface area contributed by atoms with Crippen LogP contribution in [-0.4, -0.2) is 28.3 Å². The maximum Gasteiger partial charge on any atom is 0.358 e. The second kappa shape index (κ2) is 5.50. The minimum Gasteiger partial charge on any atom is -0.481 e. The van der Waals surface area contributed by atoms with Crippen LogP contribution in [0.1, 0.15) is 19.3 Å². The fourth-order valence-corrected chi connectivity index (χ4v) is 0.659.